The van der Waals surface area contributed by atoms with Crippen LogP contribution < -0.4 is 24.8 Å². The molecular formula is C30H33N5O5. The first-order valence-electron chi connectivity index (χ1n) is 13.3. The molecule has 0 saturated heterocycles. The van der Waals surface area contributed by atoms with Crippen molar-refractivity contribution in [2.75, 3.05) is 21.3 Å². The van der Waals surface area contributed by atoms with Crippen LogP contribution in [0.3, 0.4) is 0 Å². The molecule has 2 atom stereocenters. The minimum absolute atomic E-state index is 0.0590. The molecule has 0 radical (unpaired) electrons. The van der Waals surface area contributed by atoms with E-state index in [1.165, 1.54) is 14.2 Å². The minimum atomic E-state index is -1.02. The highest BCUT2D eigenvalue weighted by molar-refractivity contribution is 5.92. The highest BCUT2D eigenvalue weighted by Crippen LogP contribution is 2.32. The van der Waals surface area contributed by atoms with E-state index < -0.39 is 18.0 Å². The quantitative estimate of drug-likeness (QED) is 0.311. The number of carbonyl (C=O) groups excluding carboxylic acids is 2. The van der Waals surface area contributed by atoms with Gasteiger partial charge in [-0.1, -0.05) is 48.4 Å². The van der Waals surface area contributed by atoms with Crippen LogP contribution in [-0.4, -0.2) is 54.2 Å². The average Bonchev–Trinajstić information content (AvgIpc) is 3.66. The zero-order chi connectivity index (χ0) is 28.1. The van der Waals surface area contributed by atoms with Crippen LogP contribution >= 0.6 is 0 Å². The Morgan fingerprint density at radius 1 is 0.875 bits per heavy atom. The molecule has 1 fully saturated rings. The standard InChI is InChI=1S/C30H33N5O5/c1-38-21-16-19(17-22(18-21)39-2)27(29(36)31-20-10-4-5-11-20)32-30(37)28(23-12-6-9-15-26(23)40-3)35-25-14-8-7-13-24(25)33-34-35/h6-9,12-18,20,27-28H,4-5,10-11H2,1-3H3,(H,31,36)(H,32,37). The van der Waals surface area contributed by atoms with E-state index in [4.69, 9.17) is 14.2 Å². The van der Waals surface area contributed by atoms with Crippen molar-refractivity contribution in [3.05, 3.63) is 77.9 Å². The van der Waals surface area contributed by atoms with Gasteiger partial charge in [-0.15, -0.1) is 5.10 Å². The lowest BCUT2D eigenvalue weighted by Gasteiger charge is -2.26. The number of amides is 2. The fourth-order valence-corrected chi connectivity index (χ4v) is 5.23. The number of nitrogens with zero attached hydrogens (tertiary/aromatic N) is 3. The smallest absolute Gasteiger partial charge is 0.250 e. The van der Waals surface area contributed by atoms with Crippen LogP contribution in [0.1, 0.15) is 48.9 Å². The van der Waals surface area contributed by atoms with Crippen LogP contribution in [0.5, 0.6) is 17.2 Å². The largest absolute Gasteiger partial charge is 0.497 e. The fourth-order valence-electron chi connectivity index (χ4n) is 5.23. The SMILES string of the molecule is COc1cc(OC)cc(C(NC(=O)C(c2ccccc2OC)n2nnc3ccccc32)C(=O)NC2CCCC2)c1. The van der Waals surface area contributed by atoms with Gasteiger partial charge in [0.25, 0.3) is 5.91 Å². The van der Waals surface area contributed by atoms with Gasteiger partial charge in [0.15, 0.2) is 6.04 Å². The lowest BCUT2D eigenvalue weighted by Crippen LogP contribution is -2.45. The summed E-state index contributed by atoms with van der Waals surface area (Å²) < 4.78 is 18.1. The number of aromatic nitrogens is 3. The molecule has 3 aromatic carbocycles. The van der Waals surface area contributed by atoms with E-state index in [-0.39, 0.29) is 11.9 Å². The lowest BCUT2D eigenvalue weighted by molar-refractivity contribution is -0.130. The van der Waals surface area contributed by atoms with Gasteiger partial charge in [0.1, 0.15) is 28.8 Å². The Balaban J connectivity index is 1.58. The van der Waals surface area contributed by atoms with Crippen molar-refractivity contribution in [3.8, 4) is 17.2 Å². The zero-order valence-electron chi connectivity index (χ0n) is 22.8. The van der Waals surface area contributed by atoms with Crippen LogP contribution in [0.4, 0.5) is 0 Å². The first-order valence-corrected chi connectivity index (χ1v) is 13.3. The molecule has 2 amide bonds. The van der Waals surface area contributed by atoms with Gasteiger partial charge >= 0.3 is 0 Å². The van der Waals surface area contributed by atoms with Crippen LogP contribution in [0.2, 0.25) is 0 Å². The summed E-state index contributed by atoms with van der Waals surface area (Å²) >= 11 is 0. The van der Waals surface area contributed by atoms with E-state index in [9.17, 15) is 9.59 Å². The Morgan fingerprint density at radius 3 is 2.25 bits per heavy atom. The first kappa shape index (κ1) is 27.0. The number of carbonyl (C=O) groups is 2. The highest BCUT2D eigenvalue weighted by Gasteiger charge is 2.34. The predicted octanol–water partition coefficient (Wildman–Crippen LogP) is 3.96. The molecule has 0 aliphatic heterocycles. The monoisotopic (exact) mass is 543 g/mol. The predicted molar refractivity (Wildman–Crippen MR) is 149 cm³/mol. The summed E-state index contributed by atoms with van der Waals surface area (Å²) in [6.07, 6.45) is 3.93. The molecule has 208 valence electrons. The Bertz CT molecular complexity index is 1470. The van der Waals surface area contributed by atoms with Gasteiger partial charge in [0, 0.05) is 17.7 Å². The van der Waals surface area contributed by atoms with Gasteiger partial charge in [-0.3, -0.25) is 9.59 Å². The highest BCUT2D eigenvalue weighted by atomic mass is 16.5. The number of rotatable bonds is 10. The van der Waals surface area contributed by atoms with E-state index in [0.717, 1.165) is 25.7 Å². The van der Waals surface area contributed by atoms with Gasteiger partial charge in [0.05, 0.1) is 26.8 Å². The molecule has 4 aromatic rings. The summed E-state index contributed by atoms with van der Waals surface area (Å²) in [7, 11) is 4.63. The van der Waals surface area contributed by atoms with E-state index in [2.05, 4.69) is 20.9 Å². The average molecular weight is 544 g/mol. The van der Waals surface area contributed by atoms with Crippen molar-refractivity contribution in [2.24, 2.45) is 0 Å². The van der Waals surface area contributed by atoms with E-state index in [0.29, 0.717) is 39.4 Å². The third kappa shape index (κ3) is 5.56. The van der Waals surface area contributed by atoms with Crippen molar-refractivity contribution in [3.63, 3.8) is 0 Å². The summed E-state index contributed by atoms with van der Waals surface area (Å²) in [5.41, 5.74) is 2.42. The van der Waals surface area contributed by atoms with Crippen molar-refractivity contribution in [1.82, 2.24) is 25.6 Å². The molecule has 40 heavy (non-hydrogen) atoms. The van der Waals surface area contributed by atoms with Gasteiger partial charge in [0.2, 0.25) is 5.91 Å². The normalized spacial score (nSPS) is 14.9. The number of nitrogens with one attached hydrogen (secondary N) is 2. The Labute approximate surface area is 232 Å². The number of ether oxygens (including phenoxy) is 3. The molecule has 10 heteroatoms. The third-order valence-corrected chi connectivity index (χ3v) is 7.26. The second kappa shape index (κ2) is 12.1. The summed E-state index contributed by atoms with van der Waals surface area (Å²) in [5, 5.41) is 14.7. The summed E-state index contributed by atoms with van der Waals surface area (Å²) in [5.74, 6) is 0.764. The van der Waals surface area contributed by atoms with Crippen molar-refractivity contribution < 1.29 is 23.8 Å². The maximum absolute atomic E-state index is 14.3. The van der Waals surface area contributed by atoms with Crippen molar-refractivity contribution in [1.29, 1.82) is 0 Å². The van der Waals surface area contributed by atoms with Crippen molar-refractivity contribution >= 4 is 22.8 Å². The minimum Gasteiger partial charge on any atom is -0.497 e. The summed E-state index contributed by atoms with van der Waals surface area (Å²) in [6.45, 7) is 0. The topological polar surface area (TPSA) is 117 Å². The zero-order valence-corrected chi connectivity index (χ0v) is 22.8. The second-order valence-electron chi connectivity index (χ2n) is 9.74. The Kier molecular flexibility index (Phi) is 8.14. The fraction of sp³-hybridized carbons (Fsp3) is 0.333. The molecule has 1 aliphatic rings. The molecule has 0 bridgehead atoms. The Morgan fingerprint density at radius 2 is 1.55 bits per heavy atom. The third-order valence-electron chi connectivity index (χ3n) is 7.26. The molecular weight excluding hydrogens is 510 g/mol. The molecule has 1 aromatic heterocycles. The molecule has 2 unspecified atom stereocenters. The van der Waals surface area contributed by atoms with Gasteiger partial charge in [-0.25, -0.2) is 4.68 Å². The lowest BCUT2D eigenvalue weighted by atomic mass is 10.0. The molecule has 10 nitrogen and oxygen atoms in total. The summed E-state index contributed by atoms with van der Waals surface area (Å²) in [6, 6.07) is 17.9. The van der Waals surface area contributed by atoms with Crippen LogP contribution in [0.25, 0.3) is 11.0 Å². The number of fused-ring (bicyclic) bond motifs is 1. The Hall–Kier alpha value is -4.60. The maximum Gasteiger partial charge on any atom is 0.250 e. The van der Waals surface area contributed by atoms with Gasteiger partial charge in [-0.2, -0.15) is 0 Å². The van der Waals surface area contributed by atoms with Gasteiger partial charge in [-0.05, 0) is 48.7 Å². The molecule has 5 rings (SSSR count). The molecule has 0 spiro atoms. The number of methoxy groups -OCH3 is 3. The molecule has 1 aliphatic carbocycles. The number of benzene rings is 3. The van der Waals surface area contributed by atoms with E-state index in [1.54, 1.807) is 36.1 Å². The summed E-state index contributed by atoms with van der Waals surface area (Å²) in [4.78, 5) is 28.0. The van der Waals surface area contributed by atoms with E-state index >= 15 is 0 Å². The number of hydrogen-bond acceptors (Lipinski definition) is 7. The number of para-hydroxylation sites is 2. The van der Waals surface area contributed by atoms with E-state index in [1.807, 2.05) is 42.5 Å². The number of hydrogen-bond donors (Lipinski definition) is 2. The van der Waals surface area contributed by atoms with Gasteiger partial charge < -0.3 is 24.8 Å². The molecule has 1 heterocycles. The molecule has 2 N–H and O–H groups in total. The van der Waals surface area contributed by atoms with Crippen LogP contribution in [0, 0.1) is 0 Å². The maximum atomic E-state index is 14.3. The molecule has 1 saturated carbocycles. The van der Waals surface area contributed by atoms with Crippen molar-refractivity contribution in [2.45, 2.75) is 43.8 Å². The van der Waals surface area contributed by atoms with Crippen LogP contribution in [-0.2, 0) is 9.59 Å². The van der Waals surface area contributed by atoms with Crippen LogP contribution in [0.15, 0.2) is 66.7 Å². The second-order valence-corrected chi connectivity index (χ2v) is 9.74. The first-order chi connectivity index (χ1) is 19.5.